The van der Waals surface area contributed by atoms with Crippen LogP contribution >= 0.6 is 0 Å². The molecule has 0 radical (unpaired) electrons. The first-order chi connectivity index (χ1) is 14.0. The van der Waals surface area contributed by atoms with Gasteiger partial charge in [-0.3, -0.25) is 9.59 Å². The number of carbonyl (C=O) groups is 2. The first-order valence-electron chi connectivity index (χ1n) is 9.60. The molecule has 0 aliphatic carbocycles. The lowest BCUT2D eigenvalue weighted by molar-refractivity contribution is -0.136. The van der Waals surface area contributed by atoms with E-state index < -0.39 is 0 Å². The van der Waals surface area contributed by atoms with E-state index in [2.05, 4.69) is 15.5 Å². The minimum absolute atomic E-state index is 0.00577. The lowest BCUT2D eigenvalue weighted by Crippen LogP contribution is -2.43. The maximum atomic E-state index is 12.4. The zero-order chi connectivity index (χ0) is 20.8. The highest BCUT2D eigenvalue weighted by Crippen LogP contribution is 2.20. The van der Waals surface area contributed by atoms with Crippen LogP contribution in [0.1, 0.15) is 47.9 Å². The Labute approximate surface area is 169 Å². The molecule has 156 valence electrons. The molecule has 1 N–H and O–H groups in total. The molecule has 1 aliphatic heterocycles. The minimum atomic E-state index is -0.384. The standard InChI is InChI=1S/C20H26N4O5/c1-13(20-23-22-14(2)28-20)21-19(26)15-4-6-16(7-5-15)29-17-8-10-24(11-9-17)18(25)12-27-3/h4-7,13,17H,8-12H2,1-3H3,(H,21,26)/t13-/m0/s1. The topological polar surface area (TPSA) is 107 Å². The molecule has 0 saturated carbocycles. The summed E-state index contributed by atoms with van der Waals surface area (Å²) < 4.78 is 16.2. The van der Waals surface area contributed by atoms with Crippen LogP contribution in [0.25, 0.3) is 0 Å². The Morgan fingerprint density at radius 2 is 1.93 bits per heavy atom. The van der Waals surface area contributed by atoms with Gasteiger partial charge in [0.2, 0.25) is 17.7 Å². The third kappa shape index (κ3) is 5.54. The first kappa shape index (κ1) is 20.8. The second-order valence-electron chi connectivity index (χ2n) is 7.01. The molecule has 1 aromatic carbocycles. The summed E-state index contributed by atoms with van der Waals surface area (Å²) in [5.74, 6) is 1.29. The molecule has 29 heavy (non-hydrogen) atoms. The average molecular weight is 402 g/mol. The van der Waals surface area contributed by atoms with Crippen LogP contribution in [0.5, 0.6) is 5.75 Å². The molecule has 0 bridgehead atoms. The maximum absolute atomic E-state index is 12.4. The Morgan fingerprint density at radius 3 is 2.52 bits per heavy atom. The van der Waals surface area contributed by atoms with Crippen molar-refractivity contribution >= 4 is 11.8 Å². The number of likely N-dealkylation sites (tertiary alicyclic amines) is 1. The number of benzene rings is 1. The van der Waals surface area contributed by atoms with E-state index in [9.17, 15) is 9.59 Å². The number of carbonyl (C=O) groups excluding carboxylic acids is 2. The second kappa shape index (κ2) is 9.51. The van der Waals surface area contributed by atoms with Crippen LogP contribution in [-0.4, -0.2) is 59.8 Å². The van der Waals surface area contributed by atoms with E-state index in [-0.39, 0.29) is 30.6 Å². The van der Waals surface area contributed by atoms with Crippen molar-refractivity contribution in [3.63, 3.8) is 0 Å². The van der Waals surface area contributed by atoms with Crippen molar-refractivity contribution in [2.75, 3.05) is 26.8 Å². The molecular formula is C20H26N4O5. The molecule has 1 saturated heterocycles. The molecule has 1 fully saturated rings. The molecule has 0 unspecified atom stereocenters. The van der Waals surface area contributed by atoms with Gasteiger partial charge in [-0.15, -0.1) is 10.2 Å². The van der Waals surface area contributed by atoms with Gasteiger partial charge in [0.05, 0.1) is 0 Å². The third-order valence-electron chi connectivity index (χ3n) is 4.74. The summed E-state index contributed by atoms with van der Waals surface area (Å²) in [6, 6.07) is 6.60. The number of aromatic nitrogens is 2. The Hall–Kier alpha value is -2.94. The molecule has 0 spiro atoms. The number of piperidine rings is 1. The minimum Gasteiger partial charge on any atom is -0.490 e. The second-order valence-corrected chi connectivity index (χ2v) is 7.01. The summed E-state index contributed by atoms with van der Waals surface area (Å²) in [5, 5.41) is 10.5. The summed E-state index contributed by atoms with van der Waals surface area (Å²) in [4.78, 5) is 26.0. The van der Waals surface area contributed by atoms with Gasteiger partial charge >= 0.3 is 0 Å². The van der Waals surface area contributed by atoms with Crippen molar-refractivity contribution in [1.29, 1.82) is 0 Å². The Bertz CT molecular complexity index is 828. The van der Waals surface area contributed by atoms with Gasteiger partial charge in [-0.2, -0.15) is 0 Å². The highest BCUT2D eigenvalue weighted by Gasteiger charge is 2.24. The monoisotopic (exact) mass is 402 g/mol. The maximum Gasteiger partial charge on any atom is 0.251 e. The summed E-state index contributed by atoms with van der Waals surface area (Å²) >= 11 is 0. The molecule has 3 rings (SSSR count). The number of methoxy groups -OCH3 is 1. The summed E-state index contributed by atoms with van der Waals surface area (Å²) in [7, 11) is 1.52. The first-order valence-corrected chi connectivity index (χ1v) is 9.60. The molecule has 2 amide bonds. The highest BCUT2D eigenvalue weighted by molar-refractivity contribution is 5.94. The van der Waals surface area contributed by atoms with E-state index in [1.165, 1.54) is 7.11 Å². The number of hydrogen-bond donors (Lipinski definition) is 1. The molecular weight excluding hydrogens is 376 g/mol. The van der Waals surface area contributed by atoms with Crippen LogP contribution in [0, 0.1) is 6.92 Å². The van der Waals surface area contributed by atoms with Gasteiger partial charge in [0.15, 0.2) is 0 Å². The van der Waals surface area contributed by atoms with Gasteiger partial charge in [0.1, 0.15) is 24.5 Å². The number of rotatable bonds is 7. The Morgan fingerprint density at radius 1 is 1.24 bits per heavy atom. The van der Waals surface area contributed by atoms with Crippen LogP contribution < -0.4 is 10.1 Å². The Kier molecular flexibility index (Phi) is 6.82. The van der Waals surface area contributed by atoms with Crippen LogP contribution in [0.2, 0.25) is 0 Å². The zero-order valence-corrected chi connectivity index (χ0v) is 16.9. The highest BCUT2D eigenvalue weighted by atomic mass is 16.5. The van der Waals surface area contributed by atoms with Gasteiger partial charge in [-0.05, 0) is 31.2 Å². The van der Waals surface area contributed by atoms with Crippen molar-refractivity contribution < 1.29 is 23.5 Å². The van der Waals surface area contributed by atoms with Gasteiger partial charge in [0, 0.05) is 45.5 Å². The molecule has 1 aromatic heterocycles. The zero-order valence-electron chi connectivity index (χ0n) is 16.9. The lowest BCUT2D eigenvalue weighted by Gasteiger charge is -2.32. The fraction of sp³-hybridized carbons (Fsp3) is 0.500. The number of ether oxygens (including phenoxy) is 2. The molecule has 9 heteroatoms. The summed E-state index contributed by atoms with van der Waals surface area (Å²) in [6.45, 7) is 4.90. The van der Waals surface area contributed by atoms with Gasteiger partial charge < -0.3 is 24.1 Å². The van der Waals surface area contributed by atoms with E-state index in [1.807, 2.05) is 0 Å². The Balaban J connectivity index is 1.49. The fourth-order valence-electron chi connectivity index (χ4n) is 3.14. The van der Waals surface area contributed by atoms with E-state index in [0.717, 1.165) is 12.8 Å². The summed E-state index contributed by atoms with van der Waals surface area (Å²) in [6.07, 6.45) is 1.57. The van der Waals surface area contributed by atoms with Crippen molar-refractivity contribution in [3.05, 3.63) is 41.6 Å². The van der Waals surface area contributed by atoms with E-state index >= 15 is 0 Å². The van der Waals surface area contributed by atoms with Crippen molar-refractivity contribution in [2.45, 2.75) is 38.8 Å². The smallest absolute Gasteiger partial charge is 0.251 e. The molecule has 2 heterocycles. The number of amides is 2. The van der Waals surface area contributed by atoms with Crippen molar-refractivity contribution in [1.82, 2.24) is 20.4 Å². The molecule has 1 atom stereocenters. The van der Waals surface area contributed by atoms with E-state index in [1.54, 1.807) is 43.0 Å². The number of hydrogen-bond acceptors (Lipinski definition) is 7. The van der Waals surface area contributed by atoms with Crippen LogP contribution in [0.15, 0.2) is 28.7 Å². The SMILES string of the molecule is COCC(=O)N1CCC(Oc2ccc(C(=O)N[C@@H](C)c3nnc(C)o3)cc2)CC1. The molecule has 2 aromatic rings. The average Bonchev–Trinajstić information content (AvgIpc) is 3.16. The summed E-state index contributed by atoms with van der Waals surface area (Å²) in [5.41, 5.74) is 0.514. The predicted molar refractivity (Wildman–Crippen MR) is 103 cm³/mol. The van der Waals surface area contributed by atoms with Crippen LogP contribution in [0.4, 0.5) is 0 Å². The van der Waals surface area contributed by atoms with Gasteiger partial charge in [0.25, 0.3) is 5.91 Å². The number of aryl methyl sites for hydroxylation is 1. The predicted octanol–water partition coefficient (Wildman–Crippen LogP) is 1.89. The normalized spacial score (nSPS) is 15.8. The fourth-order valence-corrected chi connectivity index (χ4v) is 3.14. The van der Waals surface area contributed by atoms with Gasteiger partial charge in [-0.25, -0.2) is 0 Å². The van der Waals surface area contributed by atoms with Crippen molar-refractivity contribution in [2.24, 2.45) is 0 Å². The number of nitrogens with zero attached hydrogens (tertiary/aromatic N) is 3. The quantitative estimate of drug-likeness (QED) is 0.753. The number of nitrogens with one attached hydrogen (secondary N) is 1. The van der Waals surface area contributed by atoms with Crippen molar-refractivity contribution in [3.8, 4) is 5.75 Å². The van der Waals surface area contributed by atoms with Crippen LogP contribution in [-0.2, 0) is 9.53 Å². The van der Waals surface area contributed by atoms with Gasteiger partial charge in [-0.1, -0.05) is 0 Å². The molecule has 1 aliphatic rings. The lowest BCUT2D eigenvalue weighted by atomic mass is 10.1. The molecule has 9 nitrogen and oxygen atoms in total. The third-order valence-corrected chi connectivity index (χ3v) is 4.74. The van der Waals surface area contributed by atoms with E-state index in [0.29, 0.717) is 36.2 Å². The largest absolute Gasteiger partial charge is 0.490 e. The van der Waals surface area contributed by atoms with Crippen LogP contribution in [0.3, 0.4) is 0 Å². The van der Waals surface area contributed by atoms with E-state index in [4.69, 9.17) is 13.9 Å².